The van der Waals surface area contributed by atoms with Crippen LogP contribution in [-0.2, 0) is 0 Å². The third kappa shape index (κ3) is 2.65. The molecule has 0 bridgehead atoms. The number of allylic oxidation sites excluding steroid dienone is 2. The van der Waals surface area contributed by atoms with Crippen LogP contribution in [0.1, 0.15) is 107 Å². The van der Waals surface area contributed by atoms with Crippen LogP contribution >= 0.6 is 0 Å². The number of hydrogen-bond donors (Lipinski definition) is 1. The molecule has 1 N–H and O–H groups in total. The highest BCUT2D eigenvalue weighted by Gasteiger charge is 2.68. The van der Waals surface area contributed by atoms with Crippen molar-refractivity contribution in [1.29, 1.82) is 0 Å². The van der Waals surface area contributed by atoms with Crippen molar-refractivity contribution in [3.8, 4) is 0 Å². The molecular formula is C30H50O. The van der Waals surface area contributed by atoms with E-state index >= 15 is 0 Å². The largest absolute Gasteiger partial charge is 0.393 e. The van der Waals surface area contributed by atoms with Crippen molar-refractivity contribution in [2.75, 3.05) is 0 Å². The smallest absolute Gasteiger partial charge is 0.0594 e. The quantitative estimate of drug-likeness (QED) is 0.390. The average molecular weight is 427 g/mol. The first-order chi connectivity index (χ1) is 14.3. The second kappa shape index (κ2) is 6.64. The van der Waals surface area contributed by atoms with Crippen molar-refractivity contribution >= 4 is 0 Å². The molecule has 5 aliphatic carbocycles. The van der Waals surface area contributed by atoms with Gasteiger partial charge in [-0.05, 0) is 114 Å². The van der Waals surface area contributed by atoms with Crippen LogP contribution in [0.5, 0.6) is 0 Å². The summed E-state index contributed by atoms with van der Waals surface area (Å²) >= 11 is 0. The van der Waals surface area contributed by atoms with E-state index < -0.39 is 0 Å². The van der Waals surface area contributed by atoms with Gasteiger partial charge in [-0.1, -0.05) is 67.5 Å². The summed E-state index contributed by atoms with van der Waals surface area (Å²) in [5.74, 6) is 4.59. The highest BCUT2D eigenvalue weighted by molar-refractivity contribution is 5.26. The van der Waals surface area contributed by atoms with Crippen LogP contribution in [-0.4, -0.2) is 11.2 Å². The molecule has 1 nitrogen and oxygen atoms in total. The summed E-state index contributed by atoms with van der Waals surface area (Å²) in [6, 6.07) is 0. The first-order valence-corrected chi connectivity index (χ1v) is 13.7. The van der Waals surface area contributed by atoms with Gasteiger partial charge in [0.1, 0.15) is 0 Å². The SMILES string of the molecule is CC1CCC2(C)CCC3(C)C(C=CC4C5(C)CCC(O)C(C)(C)C5CCC43C)C2C1C. The van der Waals surface area contributed by atoms with Crippen molar-refractivity contribution in [2.45, 2.75) is 113 Å². The van der Waals surface area contributed by atoms with Crippen molar-refractivity contribution < 1.29 is 5.11 Å². The van der Waals surface area contributed by atoms with E-state index in [-0.39, 0.29) is 11.5 Å². The van der Waals surface area contributed by atoms with Gasteiger partial charge in [0.05, 0.1) is 6.10 Å². The molecule has 176 valence electrons. The molecule has 0 spiro atoms. The van der Waals surface area contributed by atoms with Gasteiger partial charge in [-0.25, -0.2) is 0 Å². The van der Waals surface area contributed by atoms with E-state index in [9.17, 15) is 5.11 Å². The molecule has 0 heterocycles. The number of rotatable bonds is 0. The summed E-state index contributed by atoms with van der Waals surface area (Å²) in [6.07, 6.45) is 15.9. The van der Waals surface area contributed by atoms with Crippen molar-refractivity contribution in [3.63, 3.8) is 0 Å². The molecule has 0 aromatic rings. The maximum Gasteiger partial charge on any atom is 0.0594 e. The Hall–Kier alpha value is -0.300. The van der Waals surface area contributed by atoms with E-state index in [1.54, 1.807) is 0 Å². The Morgan fingerprint density at radius 3 is 2.16 bits per heavy atom. The first kappa shape index (κ1) is 22.5. The Morgan fingerprint density at radius 1 is 0.742 bits per heavy atom. The summed E-state index contributed by atoms with van der Waals surface area (Å²) in [6.45, 7) is 20.5. The lowest BCUT2D eigenvalue weighted by Gasteiger charge is -2.72. The standard InChI is InChI=1S/C30H50O/c1-19-11-14-27(5)17-18-29(7)21(25(27)20(19)2)9-10-23-28(6)15-13-24(31)26(3,4)22(28)12-16-30(23,29)8/h9-10,19-25,31H,11-18H2,1-8H3. The van der Waals surface area contributed by atoms with Gasteiger partial charge in [0.25, 0.3) is 0 Å². The predicted molar refractivity (Wildman–Crippen MR) is 131 cm³/mol. The van der Waals surface area contributed by atoms with Gasteiger partial charge in [-0.3, -0.25) is 0 Å². The Bertz CT molecular complexity index is 766. The molecule has 0 saturated heterocycles. The fourth-order valence-electron chi connectivity index (χ4n) is 10.9. The van der Waals surface area contributed by atoms with E-state index in [0.717, 1.165) is 30.1 Å². The third-order valence-electron chi connectivity index (χ3n) is 13.5. The predicted octanol–water partition coefficient (Wildman–Crippen LogP) is 7.88. The van der Waals surface area contributed by atoms with Gasteiger partial charge in [0.2, 0.25) is 0 Å². The molecular weight excluding hydrogens is 376 g/mol. The van der Waals surface area contributed by atoms with Crippen molar-refractivity contribution in [2.24, 2.45) is 62.6 Å². The molecule has 0 aliphatic heterocycles. The minimum Gasteiger partial charge on any atom is -0.393 e. The monoisotopic (exact) mass is 426 g/mol. The fraction of sp³-hybridized carbons (Fsp3) is 0.933. The molecule has 11 unspecified atom stereocenters. The van der Waals surface area contributed by atoms with E-state index in [4.69, 9.17) is 0 Å². The van der Waals surface area contributed by atoms with Crippen LogP contribution in [0, 0.1) is 62.6 Å². The summed E-state index contributed by atoms with van der Waals surface area (Å²) in [5, 5.41) is 10.9. The molecule has 0 amide bonds. The minimum absolute atomic E-state index is 0.0401. The molecule has 4 saturated carbocycles. The Kier molecular flexibility index (Phi) is 4.82. The molecule has 5 rings (SSSR count). The van der Waals surface area contributed by atoms with Crippen LogP contribution in [0.4, 0.5) is 0 Å². The summed E-state index contributed by atoms with van der Waals surface area (Å²) in [4.78, 5) is 0. The maximum atomic E-state index is 10.9. The zero-order valence-corrected chi connectivity index (χ0v) is 21.8. The highest BCUT2D eigenvalue weighted by atomic mass is 16.3. The van der Waals surface area contributed by atoms with Gasteiger partial charge >= 0.3 is 0 Å². The Morgan fingerprint density at radius 2 is 1.45 bits per heavy atom. The lowest BCUT2D eigenvalue weighted by atomic mass is 9.32. The summed E-state index contributed by atoms with van der Waals surface area (Å²) in [5.41, 5.74) is 1.71. The van der Waals surface area contributed by atoms with E-state index in [1.807, 2.05) is 0 Å². The maximum absolute atomic E-state index is 10.9. The van der Waals surface area contributed by atoms with E-state index in [0.29, 0.717) is 33.5 Å². The number of hydrogen-bond acceptors (Lipinski definition) is 1. The van der Waals surface area contributed by atoms with Crippen LogP contribution in [0.25, 0.3) is 0 Å². The number of aliphatic hydroxyl groups excluding tert-OH is 1. The second-order valence-corrected chi connectivity index (χ2v) is 14.8. The summed E-state index contributed by atoms with van der Waals surface area (Å²) in [7, 11) is 0. The van der Waals surface area contributed by atoms with Crippen molar-refractivity contribution in [1.82, 2.24) is 0 Å². The van der Waals surface area contributed by atoms with Crippen LogP contribution < -0.4 is 0 Å². The third-order valence-corrected chi connectivity index (χ3v) is 13.5. The fourth-order valence-corrected chi connectivity index (χ4v) is 10.9. The summed E-state index contributed by atoms with van der Waals surface area (Å²) < 4.78 is 0. The molecule has 4 fully saturated rings. The lowest BCUT2D eigenvalue weighted by Crippen LogP contribution is -2.66. The topological polar surface area (TPSA) is 20.2 Å². The van der Waals surface area contributed by atoms with E-state index in [2.05, 4.69) is 67.5 Å². The molecule has 11 atom stereocenters. The zero-order chi connectivity index (χ0) is 22.6. The van der Waals surface area contributed by atoms with E-state index in [1.165, 1.54) is 44.9 Å². The second-order valence-electron chi connectivity index (χ2n) is 14.8. The van der Waals surface area contributed by atoms with Gasteiger partial charge < -0.3 is 5.11 Å². The van der Waals surface area contributed by atoms with Gasteiger partial charge in [0.15, 0.2) is 0 Å². The van der Waals surface area contributed by atoms with Crippen LogP contribution in [0.2, 0.25) is 0 Å². The van der Waals surface area contributed by atoms with Gasteiger partial charge in [-0.2, -0.15) is 0 Å². The number of aliphatic hydroxyl groups is 1. The molecule has 0 radical (unpaired) electrons. The van der Waals surface area contributed by atoms with Crippen LogP contribution in [0.15, 0.2) is 12.2 Å². The van der Waals surface area contributed by atoms with Crippen LogP contribution in [0.3, 0.4) is 0 Å². The highest BCUT2D eigenvalue weighted by Crippen LogP contribution is 2.75. The average Bonchev–Trinajstić information content (AvgIpc) is 2.69. The Labute approximate surface area is 192 Å². The molecule has 0 aromatic carbocycles. The Balaban J connectivity index is 1.59. The number of fused-ring (bicyclic) bond motifs is 7. The van der Waals surface area contributed by atoms with Crippen molar-refractivity contribution in [3.05, 3.63) is 12.2 Å². The molecule has 31 heavy (non-hydrogen) atoms. The molecule has 0 aromatic heterocycles. The first-order valence-electron chi connectivity index (χ1n) is 13.7. The molecule has 5 aliphatic rings. The lowest BCUT2D eigenvalue weighted by molar-refractivity contribution is -0.219. The van der Waals surface area contributed by atoms with Gasteiger partial charge in [0, 0.05) is 0 Å². The minimum atomic E-state index is -0.134. The zero-order valence-electron chi connectivity index (χ0n) is 21.8. The normalized spacial score (nSPS) is 60.4. The molecule has 1 heteroatoms. The van der Waals surface area contributed by atoms with Gasteiger partial charge in [-0.15, -0.1) is 0 Å².